The second kappa shape index (κ2) is 8.94. The minimum absolute atomic E-state index is 0.00548. The molecule has 1 heterocycles. The van der Waals surface area contributed by atoms with Gasteiger partial charge in [0.1, 0.15) is 17.2 Å². The first-order valence-corrected chi connectivity index (χ1v) is 10.2. The number of rotatable bonds is 4. The highest BCUT2D eigenvalue weighted by molar-refractivity contribution is 6.30. The van der Waals surface area contributed by atoms with Gasteiger partial charge in [0, 0.05) is 31.2 Å². The fraction of sp³-hybridized carbons (Fsp3) is 0.208. The molecule has 3 aromatic carbocycles. The van der Waals surface area contributed by atoms with Gasteiger partial charge < -0.3 is 4.90 Å². The molecule has 30 heavy (non-hydrogen) atoms. The first-order valence-electron chi connectivity index (χ1n) is 9.82. The molecule has 3 aromatic rings. The summed E-state index contributed by atoms with van der Waals surface area (Å²) in [6.07, 6.45) is 0. The van der Waals surface area contributed by atoms with E-state index in [-0.39, 0.29) is 6.04 Å². The summed E-state index contributed by atoms with van der Waals surface area (Å²) in [5, 5.41) is 0.674. The fourth-order valence-electron chi connectivity index (χ4n) is 3.94. The second-order valence-corrected chi connectivity index (χ2v) is 7.73. The van der Waals surface area contributed by atoms with Gasteiger partial charge >= 0.3 is 0 Å². The zero-order valence-corrected chi connectivity index (χ0v) is 17.0. The lowest BCUT2D eigenvalue weighted by Gasteiger charge is -2.39. The molecule has 1 aliphatic rings. The first-order chi connectivity index (χ1) is 14.5. The van der Waals surface area contributed by atoms with Crippen LogP contribution in [-0.4, -0.2) is 41.9 Å². The number of piperazine rings is 1. The summed E-state index contributed by atoms with van der Waals surface area (Å²) >= 11 is 6.07. The molecule has 1 saturated heterocycles. The van der Waals surface area contributed by atoms with Crippen molar-refractivity contribution in [2.24, 2.45) is 0 Å². The molecule has 0 spiro atoms. The van der Waals surface area contributed by atoms with E-state index in [9.17, 15) is 13.6 Å². The maximum absolute atomic E-state index is 14.0. The number of carbonyl (C=O) groups is 1. The minimum Gasteiger partial charge on any atom is -0.336 e. The molecular formula is C24H21ClF2N2O. The van der Waals surface area contributed by atoms with Crippen LogP contribution in [0.3, 0.4) is 0 Å². The third-order valence-electron chi connectivity index (χ3n) is 5.44. The minimum atomic E-state index is -0.828. The van der Waals surface area contributed by atoms with Crippen LogP contribution in [0.1, 0.15) is 27.5 Å². The van der Waals surface area contributed by atoms with Crippen LogP contribution in [0.2, 0.25) is 5.02 Å². The molecule has 0 bridgehead atoms. The Hall–Kier alpha value is -2.76. The van der Waals surface area contributed by atoms with Crippen LogP contribution in [0.25, 0.3) is 0 Å². The summed E-state index contributed by atoms with van der Waals surface area (Å²) in [6, 6.07) is 21.4. The maximum atomic E-state index is 14.0. The van der Waals surface area contributed by atoms with Crippen LogP contribution in [0.15, 0.2) is 72.8 Å². The molecule has 4 rings (SSSR count). The highest BCUT2D eigenvalue weighted by Crippen LogP contribution is 2.30. The predicted octanol–water partition coefficient (Wildman–Crippen LogP) is 5.17. The summed E-state index contributed by atoms with van der Waals surface area (Å²) in [5.74, 6) is -2.26. The molecule has 1 amide bonds. The number of hydrogen-bond acceptors (Lipinski definition) is 2. The van der Waals surface area contributed by atoms with Crippen molar-refractivity contribution in [2.45, 2.75) is 6.04 Å². The van der Waals surface area contributed by atoms with Crippen LogP contribution in [-0.2, 0) is 0 Å². The Labute approximate surface area is 179 Å². The molecule has 1 fully saturated rings. The van der Waals surface area contributed by atoms with Crippen LogP contribution in [0.4, 0.5) is 8.78 Å². The molecule has 0 unspecified atom stereocenters. The molecule has 1 atom stereocenters. The lowest BCUT2D eigenvalue weighted by molar-refractivity contribution is 0.0588. The zero-order chi connectivity index (χ0) is 21.1. The predicted molar refractivity (Wildman–Crippen MR) is 114 cm³/mol. The summed E-state index contributed by atoms with van der Waals surface area (Å²) in [4.78, 5) is 16.5. The van der Waals surface area contributed by atoms with Crippen molar-refractivity contribution >= 4 is 17.5 Å². The van der Waals surface area contributed by atoms with Gasteiger partial charge in [0.25, 0.3) is 5.91 Å². The number of halogens is 3. The lowest BCUT2D eigenvalue weighted by atomic mass is 9.96. The molecule has 154 valence electrons. The third-order valence-corrected chi connectivity index (χ3v) is 5.70. The summed E-state index contributed by atoms with van der Waals surface area (Å²) in [5.41, 5.74) is 1.76. The normalized spacial score (nSPS) is 15.8. The van der Waals surface area contributed by atoms with Gasteiger partial charge in [0.2, 0.25) is 0 Å². The van der Waals surface area contributed by atoms with E-state index in [2.05, 4.69) is 17.0 Å². The Morgan fingerprint density at radius 1 is 0.767 bits per heavy atom. The second-order valence-electron chi connectivity index (χ2n) is 7.29. The monoisotopic (exact) mass is 426 g/mol. The quantitative estimate of drug-likeness (QED) is 0.575. The maximum Gasteiger partial charge on any atom is 0.259 e. The van der Waals surface area contributed by atoms with Crippen molar-refractivity contribution in [1.29, 1.82) is 0 Å². The smallest absolute Gasteiger partial charge is 0.259 e. The van der Waals surface area contributed by atoms with E-state index in [0.29, 0.717) is 31.2 Å². The third kappa shape index (κ3) is 4.23. The average molecular weight is 427 g/mol. The van der Waals surface area contributed by atoms with Gasteiger partial charge in [0.05, 0.1) is 6.04 Å². The van der Waals surface area contributed by atoms with E-state index in [1.165, 1.54) is 11.0 Å². The van der Waals surface area contributed by atoms with E-state index < -0.39 is 23.1 Å². The molecule has 0 aliphatic carbocycles. The highest BCUT2D eigenvalue weighted by atomic mass is 35.5. The Kier molecular flexibility index (Phi) is 6.11. The highest BCUT2D eigenvalue weighted by Gasteiger charge is 2.30. The average Bonchev–Trinajstić information content (AvgIpc) is 2.76. The van der Waals surface area contributed by atoms with Gasteiger partial charge in [-0.25, -0.2) is 8.78 Å². The van der Waals surface area contributed by atoms with Crippen molar-refractivity contribution in [3.63, 3.8) is 0 Å². The Balaban J connectivity index is 1.54. The van der Waals surface area contributed by atoms with Crippen LogP contribution >= 0.6 is 11.6 Å². The molecule has 6 heteroatoms. The number of nitrogens with zero attached hydrogens (tertiary/aromatic N) is 2. The van der Waals surface area contributed by atoms with Gasteiger partial charge in [-0.15, -0.1) is 0 Å². The number of hydrogen-bond donors (Lipinski definition) is 0. The van der Waals surface area contributed by atoms with E-state index in [1.54, 1.807) is 0 Å². The molecule has 1 aliphatic heterocycles. The molecular weight excluding hydrogens is 406 g/mol. The Morgan fingerprint density at radius 3 is 1.93 bits per heavy atom. The molecule has 0 aromatic heterocycles. The molecule has 0 N–H and O–H groups in total. The Bertz CT molecular complexity index is 999. The van der Waals surface area contributed by atoms with Gasteiger partial charge in [-0.2, -0.15) is 0 Å². The van der Waals surface area contributed by atoms with Gasteiger partial charge in [-0.3, -0.25) is 9.69 Å². The van der Waals surface area contributed by atoms with Crippen molar-refractivity contribution in [1.82, 2.24) is 9.80 Å². The van der Waals surface area contributed by atoms with Gasteiger partial charge in [-0.05, 0) is 35.4 Å². The summed E-state index contributed by atoms with van der Waals surface area (Å²) < 4.78 is 28.1. The summed E-state index contributed by atoms with van der Waals surface area (Å²) in [6.45, 7) is 1.96. The first kappa shape index (κ1) is 20.5. The number of benzene rings is 3. The fourth-order valence-corrected chi connectivity index (χ4v) is 4.06. The number of amides is 1. The van der Waals surface area contributed by atoms with Crippen molar-refractivity contribution in [2.75, 3.05) is 26.2 Å². The summed E-state index contributed by atoms with van der Waals surface area (Å²) in [7, 11) is 0. The van der Waals surface area contributed by atoms with E-state index in [0.717, 1.165) is 23.3 Å². The lowest BCUT2D eigenvalue weighted by Crippen LogP contribution is -2.50. The van der Waals surface area contributed by atoms with E-state index in [1.807, 2.05) is 42.5 Å². The molecule has 0 radical (unpaired) electrons. The largest absolute Gasteiger partial charge is 0.336 e. The molecule has 0 saturated carbocycles. The van der Waals surface area contributed by atoms with Crippen molar-refractivity contribution < 1.29 is 13.6 Å². The van der Waals surface area contributed by atoms with Crippen molar-refractivity contribution in [3.8, 4) is 0 Å². The van der Waals surface area contributed by atoms with E-state index in [4.69, 9.17) is 11.6 Å². The van der Waals surface area contributed by atoms with Crippen molar-refractivity contribution in [3.05, 3.63) is 106 Å². The standard InChI is InChI=1S/C24H21ClF2N2O/c25-19-11-9-18(10-12-19)23(17-5-2-1-3-6-17)28-13-15-29(16-14-28)24(30)22-20(26)7-4-8-21(22)27/h1-12,23H,13-16H2/t23-/m1/s1. The topological polar surface area (TPSA) is 23.6 Å². The number of carbonyl (C=O) groups excluding carboxylic acids is 1. The zero-order valence-electron chi connectivity index (χ0n) is 16.3. The van der Waals surface area contributed by atoms with Gasteiger partial charge in [0.15, 0.2) is 0 Å². The van der Waals surface area contributed by atoms with E-state index >= 15 is 0 Å². The van der Waals surface area contributed by atoms with Gasteiger partial charge in [-0.1, -0.05) is 60.1 Å². The van der Waals surface area contributed by atoms with Crippen LogP contribution in [0.5, 0.6) is 0 Å². The van der Waals surface area contributed by atoms with Crippen LogP contribution < -0.4 is 0 Å². The Morgan fingerprint density at radius 2 is 1.33 bits per heavy atom. The van der Waals surface area contributed by atoms with Crippen LogP contribution in [0, 0.1) is 11.6 Å². The SMILES string of the molecule is O=C(c1c(F)cccc1F)N1CCN([C@H](c2ccccc2)c2ccc(Cl)cc2)CC1. The molecule has 3 nitrogen and oxygen atoms in total.